The van der Waals surface area contributed by atoms with Crippen molar-refractivity contribution in [2.75, 3.05) is 46.4 Å². The number of nitrogens with zero attached hydrogens (tertiary/aromatic N) is 2. The predicted molar refractivity (Wildman–Crippen MR) is 101 cm³/mol. The molecule has 2 aliphatic rings. The molecule has 9 heteroatoms. The number of rotatable bonds is 6. The zero-order valence-corrected chi connectivity index (χ0v) is 16.6. The lowest BCUT2D eigenvalue weighted by molar-refractivity contribution is -0.0201. The molecular weight excluding hydrogens is 370 g/mol. The maximum absolute atomic E-state index is 12.6. The predicted octanol–water partition coefficient (Wildman–Crippen LogP) is -0.990. The minimum Gasteiger partial charge on any atom is -0.394 e. The molecule has 4 atom stereocenters. The van der Waals surface area contributed by atoms with Gasteiger partial charge in [-0.3, -0.25) is 4.90 Å². The number of likely N-dealkylation sites (N-methyl/N-ethyl adjacent to an activating group) is 1. The lowest BCUT2D eigenvalue weighted by Crippen LogP contribution is -2.56. The minimum atomic E-state index is -3.67. The molecule has 2 heterocycles. The number of benzene rings is 1. The first-order valence-corrected chi connectivity index (χ1v) is 10.7. The molecule has 3 rings (SSSR count). The van der Waals surface area contributed by atoms with Crippen LogP contribution in [0.3, 0.4) is 0 Å². The first-order chi connectivity index (χ1) is 12.8. The topological polar surface area (TPSA) is 102 Å². The van der Waals surface area contributed by atoms with Crippen LogP contribution in [0.1, 0.15) is 5.56 Å². The number of hydrogen-bond acceptors (Lipinski definition) is 7. The highest BCUT2D eigenvalue weighted by Gasteiger charge is 2.46. The van der Waals surface area contributed by atoms with Gasteiger partial charge in [0.05, 0.1) is 23.6 Å². The van der Waals surface area contributed by atoms with Crippen LogP contribution in [0.5, 0.6) is 0 Å². The molecule has 8 nitrogen and oxygen atoms in total. The molecule has 0 radical (unpaired) electrons. The van der Waals surface area contributed by atoms with E-state index in [4.69, 9.17) is 4.74 Å². The van der Waals surface area contributed by atoms with Gasteiger partial charge in [0.25, 0.3) is 0 Å². The second-order valence-electron chi connectivity index (χ2n) is 7.38. The SMILES string of the molecule is Cc1ccc(S(=O)(=O)NC[C@@H]2O[C@@H](CO)[C@@H](O)[C@H]2N2CCN(C)CC2)cc1. The van der Waals surface area contributed by atoms with Gasteiger partial charge in [0.2, 0.25) is 10.0 Å². The summed E-state index contributed by atoms with van der Waals surface area (Å²) in [5.41, 5.74) is 0.983. The fourth-order valence-electron chi connectivity index (χ4n) is 3.71. The van der Waals surface area contributed by atoms with Crippen molar-refractivity contribution >= 4 is 10.0 Å². The first kappa shape index (κ1) is 20.7. The summed E-state index contributed by atoms with van der Waals surface area (Å²) in [4.78, 5) is 4.53. The van der Waals surface area contributed by atoms with Crippen LogP contribution in [0.25, 0.3) is 0 Å². The number of nitrogens with one attached hydrogen (secondary N) is 1. The van der Waals surface area contributed by atoms with Crippen molar-refractivity contribution in [3.8, 4) is 0 Å². The zero-order valence-electron chi connectivity index (χ0n) is 15.8. The molecule has 1 aromatic rings. The zero-order chi connectivity index (χ0) is 19.6. The summed E-state index contributed by atoms with van der Waals surface area (Å²) in [7, 11) is -1.63. The summed E-state index contributed by atoms with van der Waals surface area (Å²) in [6.45, 7) is 4.91. The Kier molecular flexibility index (Phi) is 6.52. The van der Waals surface area contributed by atoms with Crippen LogP contribution in [0, 0.1) is 6.92 Å². The molecule has 3 N–H and O–H groups in total. The molecule has 0 saturated carbocycles. The molecule has 0 amide bonds. The lowest BCUT2D eigenvalue weighted by Gasteiger charge is -2.39. The van der Waals surface area contributed by atoms with E-state index in [2.05, 4.69) is 14.5 Å². The maximum atomic E-state index is 12.6. The van der Waals surface area contributed by atoms with Crippen LogP contribution in [0.15, 0.2) is 29.2 Å². The Bertz CT molecular complexity index is 719. The van der Waals surface area contributed by atoms with Crippen LogP contribution in [0.2, 0.25) is 0 Å². The van der Waals surface area contributed by atoms with E-state index >= 15 is 0 Å². The van der Waals surface area contributed by atoms with E-state index in [1.54, 1.807) is 24.3 Å². The number of ether oxygens (including phenoxy) is 1. The number of aliphatic hydroxyl groups excluding tert-OH is 2. The van der Waals surface area contributed by atoms with Gasteiger partial charge in [0.1, 0.15) is 12.2 Å². The molecule has 2 aliphatic heterocycles. The lowest BCUT2D eigenvalue weighted by atomic mass is 10.0. The smallest absolute Gasteiger partial charge is 0.240 e. The molecule has 27 heavy (non-hydrogen) atoms. The molecule has 0 aromatic heterocycles. The van der Waals surface area contributed by atoms with Crippen molar-refractivity contribution < 1.29 is 23.4 Å². The summed E-state index contributed by atoms with van der Waals surface area (Å²) in [5.74, 6) is 0. The van der Waals surface area contributed by atoms with E-state index in [1.165, 1.54) is 0 Å². The van der Waals surface area contributed by atoms with E-state index in [0.717, 1.165) is 31.7 Å². The molecule has 0 unspecified atom stereocenters. The van der Waals surface area contributed by atoms with Crippen LogP contribution in [0.4, 0.5) is 0 Å². The summed E-state index contributed by atoms with van der Waals surface area (Å²) >= 11 is 0. The van der Waals surface area contributed by atoms with E-state index < -0.39 is 28.3 Å². The number of aryl methyl sites for hydroxylation is 1. The van der Waals surface area contributed by atoms with Gasteiger partial charge in [-0.2, -0.15) is 0 Å². The Morgan fingerprint density at radius 1 is 1.15 bits per heavy atom. The molecule has 1 aromatic carbocycles. The third kappa shape index (κ3) is 4.68. The fourth-order valence-corrected chi connectivity index (χ4v) is 4.75. The van der Waals surface area contributed by atoms with Gasteiger partial charge in [0, 0.05) is 32.7 Å². The van der Waals surface area contributed by atoms with Crippen LogP contribution in [-0.2, 0) is 14.8 Å². The van der Waals surface area contributed by atoms with E-state index in [-0.39, 0.29) is 24.1 Å². The molecular formula is C18H29N3O5S. The quantitative estimate of drug-likeness (QED) is 0.564. The Labute approximate surface area is 160 Å². The second-order valence-corrected chi connectivity index (χ2v) is 9.15. The average Bonchev–Trinajstić information content (AvgIpc) is 2.97. The van der Waals surface area contributed by atoms with Crippen molar-refractivity contribution in [3.05, 3.63) is 29.8 Å². The molecule has 2 fully saturated rings. The first-order valence-electron chi connectivity index (χ1n) is 9.25. The van der Waals surface area contributed by atoms with E-state index in [1.807, 2.05) is 14.0 Å². The third-order valence-electron chi connectivity index (χ3n) is 5.41. The molecule has 2 saturated heterocycles. The highest BCUT2D eigenvalue weighted by Crippen LogP contribution is 2.27. The van der Waals surface area contributed by atoms with Crippen LogP contribution >= 0.6 is 0 Å². The van der Waals surface area contributed by atoms with Gasteiger partial charge >= 0.3 is 0 Å². The normalized spacial score (nSPS) is 30.7. The summed E-state index contributed by atoms with van der Waals surface area (Å²) < 4.78 is 33.5. The number of hydrogen-bond donors (Lipinski definition) is 3. The van der Waals surface area contributed by atoms with Crippen molar-refractivity contribution in [3.63, 3.8) is 0 Å². The molecule has 0 bridgehead atoms. The van der Waals surface area contributed by atoms with Crippen molar-refractivity contribution in [1.82, 2.24) is 14.5 Å². The van der Waals surface area contributed by atoms with Gasteiger partial charge in [0.15, 0.2) is 0 Å². The Balaban J connectivity index is 1.70. The standard InChI is InChI=1S/C18H29N3O5S/c1-13-3-5-14(6-4-13)27(24,25)19-11-15-17(18(23)16(12-22)26-15)21-9-7-20(2)8-10-21/h3-6,15-19,22-23H,7-12H2,1-2H3/t15-,16-,17-,18+/m0/s1. The minimum absolute atomic E-state index is 0.0424. The van der Waals surface area contributed by atoms with Gasteiger partial charge < -0.3 is 19.8 Å². The maximum Gasteiger partial charge on any atom is 0.240 e. The van der Waals surface area contributed by atoms with E-state index in [0.29, 0.717) is 0 Å². The van der Waals surface area contributed by atoms with E-state index in [9.17, 15) is 18.6 Å². The molecule has 152 valence electrons. The van der Waals surface area contributed by atoms with Gasteiger partial charge in [-0.25, -0.2) is 13.1 Å². The fraction of sp³-hybridized carbons (Fsp3) is 0.667. The largest absolute Gasteiger partial charge is 0.394 e. The number of aliphatic hydroxyl groups is 2. The number of piperazine rings is 1. The van der Waals surface area contributed by atoms with Crippen molar-refractivity contribution in [2.24, 2.45) is 0 Å². The number of sulfonamides is 1. The van der Waals surface area contributed by atoms with Gasteiger partial charge in [-0.05, 0) is 26.1 Å². The van der Waals surface area contributed by atoms with Gasteiger partial charge in [-0.15, -0.1) is 0 Å². The summed E-state index contributed by atoms with van der Waals surface area (Å²) in [6.07, 6.45) is -2.09. The Morgan fingerprint density at radius 3 is 2.37 bits per heavy atom. The summed E-state index contributed by atoms with van der Waals surface area (Å²) in [6, 6.07) is 6.28. The molecule has 0 spiro atoms. The van der Waals surface area contributed by atoms with Crippen molar-refractivity contribution in [2.45, 2.75) is 36.2 Å². The highest BCUT2D eigenvalue weighted by atomic mass is 32.2. The van der Waals surface area contributed by atoms with Crippen LogP contribution < -0.4 is 4.72 Å². The monoisotopic (exact) mass is 399 g/mol. The van der Waals surface area contributed by atoms with Crippen LogP contribution in [-0.4, -0.2) is 99.2 Å². The Morgan fingerprint density at radius 2 is 1.78 bits per heavy atom. The van der Waals surface area contributed by atoms with Crippen molar-refractivity contribution in [1.29, 1.82) is 0 Å². The second kappa shape index (κ2) is 8.52. The van der Waals surface area contributed by atoms with Gasteiger partial charge in [-0.1, -0.05) is 17.7 Å². The third-order valence-corrected chi connectivity index (χ3v) is 6.85. The molecule has 0 aliphatic carbocycles. The average molecular weight is 400 g/mol. The Hall–Kier alpha value is -1.07. The summed E-state index contributed by atoms with van der Waals surface area (Å²) in [5, 5.41) is 20.1. The highest BCUT2D eigenvalue weighted by molar-refractivity contribution is 7.89.